The highest BCUT2D eigenvalue weighted by Crippen LogP contribution is 2.35. The van der Waals surface area contributed by atoms with E-state index < -0.39 is 34.5 Å². The number of hydrogen-bond donors (Lipinski definition) is 1. The Balaban J connectivity index is 1.98. The monoisotopic (exact) mass is 375 g/mol. The second kappa shape index (κ2) is 6.21. The highest BCUT2D eigenvalue weighted by Gasteiger charge is 2.34. The molecule has 1 unspecified atom stereocenters. The van der Waals surface area contributed by atoms with Gasteiger partial charge >= 0.3 is 17.8 Å². The summed E-state index contributed by atoms with van der Waals surface area (Å²) >= 11 is 5.58. The fourth-order valence-corrected chi connectivity index (χ4v) is 3.15. The predicted octanol–water partition coefficient (Wildman–Crippen LogP) is 2.73. The van der Waals surface area contributed by atoms with Crippen LogP contribution in [0.25, 0.3) is 0 Å². The lowest BCUT2D eigenvalue weighted by Crippen LogP contribution is -2.34. The zero-order valence-electron chi connectivity index (χ0n) is 12.8. The van der Waals surface area contributed by atoms with Crippen molar-refractivity contribution in [2.24, 2.45) is 0 Å². The predicted molar refractivity (Wildman–Crippen MR) is 81.7 cm³/mol. The molecule has 1 N–H and O–H groups in total. The van der Waals surface area contributed by atoms with Crippen molar-refractivity contribution in [3.8, 4) is 0 Å². The lowest BCUT2D eigenvalue weighted by Gasteiger charge is -2.19. The number of carbonyl (C=O) groups is 1. The van der Waals surface area contributed by atoms with Gasteiger partial charge < -0.3 is 5.11 Å². The Morgan fingerprint density at radius 3 is 2.76 bits per heavy atom. The molecule has 0 spiro atoms. The fourth-order valence-electron chi connectivity index (χ4n) is 2.93. The first-order valence-corrected chi connectivity index (χ1v) is 7.83. The number of nitrogens with zero attached hydrogens (tertiary/aromatic N) is 3. The van der Waals surface area contributed by atoms with E-state index in [0.717, 1.165) is 21.4 Å². The third kappa shape index (κ3) is 3.28. The van der Waals surface area contributed by atoms with E-state index in [2.05, 4.69) is 5.10 Å². The van der Waals surface area contributed by atoms with Crippen LogP contribution in [0.5, 0.6) is 0 Å². The molecule has 0 radical (unpaired) electrons. The van der Waals surface area contributed by atoms with Crippen molar-refractivity contribution in [2.45, 2.75) is 38.0 Å². The number of rotatable bonds is 3. The summed E-state index contributed by atoms with van der Waals surface area (Å²) in [5.41, 5.74) is -1.45. The number of aliphatic carboxylic acids is 1. The van der Waals surface area contributed by atoms with Crippen molar-refractivity contribution < 1.29 is 23.1 Å². The zero-order valence-corrected chi connectivity index (χ0v) is 13.5. The number of carboxylic acids is 1. The standard InChI is InChI=1S/C15H13ClF3N3O3/c16-10-5-4-8(6-9(10)15(17,18)19)7-21-14(25)22-11(13(23)24)2-1-3-12(22)20-21/h4-6,11H,1-3,7H2,(H,23,24). The quantitative estimate of drug-likeness (QED) is 0.894. The topological polar surface area (TPSA) is 77.1 Å². The largest absolute Gasteiger partial charge is 0.480 e. The minimum atomic E-state index is -4.61. The average molecular weight is 376 g/mol. The molecule has 1 aromatic heterocycles. The normalized spacial score (nSPS) is 17.4. The van der Waals surface area contributed by atoms with Gasteiger partial charge in [0, 0.05) is 6.42 Å². The van der Waals surface area contributed by atoms with Crippen molar-refractivity contribution in [2.75, 3.05) is 0 Å². The maximum Gasteiger partial charge on any atom is 0.417 e. The van der Waals surface area contributed by atoms with Crippen molar-refractivity contribution in [1.82, 2.24) is 14.3 Å². The molecule has 1 aliphatic heterocycles. The number of fused-ring (bicyclic) bond motifs is 1. The molecule has 0 aliphatic carbocycles. The molecular formula is C15H13ClF3N3O3. The second-order valence-electron chi connectivity index (χ2n) is 5.78. The molecule has 6 nitrogen and oxygen atoms in total. The summed E-state index contributed by atoms with van der Waals surface area (Å²) in [6, 6.07) is 2.35. The van der Waals surface area contributed by atoms with Crippen LogP contribution in [0.15, 0.2) is 23.0 Å². The molecule has 25 heavy (non-hydrogen) atoms. The molecule has 1 atom stereocenters. The van der Waals surface area contributed by atoms with Gasteiger partial charge in [0.2, 0.25) is 0 Å². The maximum absolute atomic E-state index is 12.9. The molecule has 2 heterocycles. The number of aromatic nitrogens is 3. The maximum atomic E-state index is 12.9. The molecule has 0 bridgehead atoms. The van der Waals surface area contributed by atoms with Crippen molar-refractivity contribution in [1.29, 1.82) is 0 Å². The SMILES string of the molecule is O=C(O)C1CCCc2nn(Cc3ccc(Cl)c(C(F)(F)F)c3)c(=O)n21. The lowest BCUT2D eigenvalue weighted by atomic mass is 10.1. The number of benzene rings is 1. The van der Waals surface area contributed by atoms with Crippen LogP contribution in [0.3, 0.4) is 0 Å². The summed E-state index contributed by atoms with van der Waals surface area (Å²) < 4.78 is 40.9. The molecule has 2 aromatic rings. The molecule has 3 rings (SSSR count). The van der Waals surface area contributed by atoms with Gasteiger partial charge in [0.05, 0.1) is 17.1 Å². The lowest BCUT2D eigenvalue weighted by molar-refractivity contribution is -0.141. The summed E-state index contributed by atoms with van der Waals surface area (Å²) in [5.74, 6) is -0.804. The van der Waals surface area contributed by atoms with Crippen LogP contribution in [-0.4, -0.2) is 25.4 Å². The summed E-state index contributed by atoms with van der Waals surface area (Å²) in [6.45, 7) is -0.203. The second-order valence-corrected chi connectivity index (χ2v) is 6.19. The minimum Gasteiger partial charge on any atom is -0.480 e. The molecule has 0 amide bonds. The number of alkyl halides is 3. The van der Waals surface area contributed by atoms with E-state index in [0.29, 0.717) is 25.1 Å². The Morgan fingerprint density at radius 2 is 2.12 bits per heavy atom. The van der Waals surface area contributed by atoms with Crippen LogP contribution in [0.2, 0.25) is 5.02 Å². The Kier molecular flexibility index (Phi) is 4.36. The number of carboxylic acid groups (broad SMARTS) is 1. The van der Waals surface area contributed by atoms with Crippen molar-refractivity contribution >= 4 is 17.6 Å². The number of aryl methyl sites for hydroxylation is 1. The average Bonchev–Trinajstić information content (AvgIpc) is 2.84. The molecule has 0 fully saturated rings. The first-order chi connectivity index (χ1) is 11.7. The molecular weight excluding hydrogens is 363 g/mol. The third-order valence-corrected chi connectivity index (χ3v) is 4.41. The van der Waals surface area contributed by atoms with Gasteiger partial charge in [-0.2, -0.15) is 18.3 Å². The summed E-state index contributed by atoms with van der Waals surface area (Å²) in [5, 5.41) is 12.9. The zero-order chi connectivity index (χ0) is 18.4. The number of halogens is 4. The smallest absolute Gasteiger partial charge is 0.417 e. The van der Waals surface area contributed by atoms with Gasteiger partial charge in [-0.3, -0.25) is 4.57 Å². The van der Waals surface area contributed by atoms with Gasteiger partial charge in [-0.15, -0.1) is 0 Å². The van der Waals surface area contributed by atoms with Gasteiger partial charge in [0.25, 0.3) is 0 Å². The van der Waals surface area contributed by atoms with Gasteiger partial charge in [-0.1, -0.05) is 17.7 Å². The molecule has 0 saturated heterocycles. The van der Waals surface area contributed by atoms with E-state index in [1.807, 2.05) is 0 Å². The van der Waals surface area contributed by atoms with E-state index in [4.69, 9.17) is 11.6 Å². The van der Waals surface area contributed by atoms with Crippen molar-refractivity contribution in [3.05, 3.63) is 50.7 Å². The van der Waals surface area contributed by atoms with Gasteiger partial charge in [-0.05, 0) is 30.5 Å². The molecule has 0 saturated carbocycles. The van der Waals surface area contributed by atoms with E-state index >= 15 is 0 Å². The first kappa shape index (κ1) is 17.5. The number of hydrogen-bond acceptors (Lipinski definition) is 3. The summed E-state index contributed by atoms with van der Waals surface area (Å²) in [6.07, 6.45) is -3.28. The van der Waals surface area contributed by atoms with Gasteiger partial charge in [-0.25, -0.2) is 14.3 Å². The van der Waals surface area contributed by atoms with Crippen LogP contribution in [0, 0.1) is 0 Å². The van der Waals surface area contributed by atoms with Crippen LogP contribution in [0.1, 0.15) is 35.8 Å². The summed E-state index contributed by atoms with van der Waals surface area (Å²) in [7, 11) is 0. The highest BCUT2D eigenvalue weighted by molar-refractivity contribution is 6.31. The van der Waals surface area contributed by atoms with E-state index in [1.165, 1.54) is 6.07 Å². The van der Waals surface area contributed by atoms with Crippen LogP contribution in [-0.2, 0) is 23.9 Å². The molecule has 10 heteroatoms. The van der Waals surface area contributed by atoms with Gasteiger partial charge in [0.15, 0.2) is 0 Å². The van der Waals surface area contributed by atoms with Crippen molar-refractivity contribution in [3.63, 3.8) is 0 Å². The Labute approximate surface area is 144 Å². The Morgan fingerprint density at radius 1 is 1.40 bits per heavy atom. The van der Waals surface area contributed by atoms with Crippen LogP contribution in [0.4, 0.5) is 13.2 Å². The minimum absolute atomic E-state index is 0.196. The van der Waals surface area contributed by atoms with E-state index in [1.54, 1.807) is 0 Å². The molecule has 134 valence electrons. The van der Waals surface area contributed by atoms with E-state index in [-0.39, 0.29) is 12.1 Å². The Bertz CT molecular complexity index is 888. The third-order valence-electron chi connectivity index (χ3n) is 4.08. The van der Waals surface area contributed by atoms with E-state index in [9.17, 15) is 27.9 Å². The molecule has 1 aliphatic rings. The fraction of sp³-hybridized carbons (Fsp3) is 0.400. The van der Waals surface area contributed by atoms with Crippen LogP contribution >= 0.6 is 11.6 Å². The van der Waals surface area contributed by atoms with Crippen LogP contribution < -0.4 is 5.69 Å². The van der Waals surface area contributed by atoms with Gasteiger partial charge in [0.1, 0.15) is 11.9 Å². The summed E-state index contributed by atoms with van der Waals surface area (Å²) in [4.78, 5) is 23.7. The first-order valence-electron chi connectivity index (χ1n) is 7.45. The highest BCUT2D eigenvalue weighted by atomic mass is 35.5. The molecule has 1 aromatic carbocycles. The Hall–Kier alpha value is -2.29.